The van der Waals surface area contributed by atoms with E-state index in [0.29, 0.717) is 13.0 Å². The molecular weight excluding hydrogens is 344 g/mol. The van der Waals surface area contributed by atoms with Gasteiger partial charge in [0.1, 0.15) is 0 Å². The predicted octanol–water partition coefficient (Wildman–Crippen LogP) is 3.40. The van der Waals surface area contributed by atoms with E-state index in [-0.39, 0.29) is 11.8 Å². The molecule has 2 aromatic heterocycles. The van der Waals surface area contributed by atoms with Crippen LogP contribution in [-0.2, 0) is 24.2 Å². The number of fused-ring (bicyclic) bond motifs is 2. The minimum absolute atomic E-state index is 0.0215. The van der Waals surface area contributed by atoms with Gasteiger partial charge in [-0.05, 0) is 48.9 Å². The van der Waals surface area contributed by atoms with Crippen LogP contribution in [-0.4, -0.2) is 21.3 Å². The zero-order chi connectivity index (χ0) is 16.7. The highest BCUT2D eigenvalue weighted by atomic mass is 35.5. The number of rotatable bonds is 3. The third kappa shape index (κ3) is 2.80. The molecule has 2 N–H and O–H groups in total. The number of nitrogens with one attached hydrogen (secondary N) is 2. The van der Waals surface area contributed by atoms with Gasteiger partial charge in [0.05, 0.1) is 17.9 Å². The Kier molecular flexibility index (Phi) is 4.02. The molecule has 4 rings (SSSR count). The first-order chi connectivity index (χ1) is 11.6. The van der Waals surface area contributed by atoms with Crippen LogP contribution in [0.25, 0.3) is 10.1 Å². The average molecular weight is 361 g/mol. The molecule has 0 saturated carbocycles. The summed E-state index contributed by atoms with van der Waals surface area (Å²) in [6, 6.07) is 5.93. The lowest BCUT2D eigenvalue weighted by molar-refractivity contribution is -0.125. The van der Waals surface area contributed by atoms with Gasteiger partial charge in [-0.15, -0.1) is 11.3 Å². The van der Waals surface area contributed by atoms with Crippen LogP contribution in [0.15, 0.2) is 18.2 Å². The van der Waals surface area contributed by atoms with Crippen LogP contribution >= 0.6 is 22.9 Å². The van der Waals surface area contributed by atoms with Gasteiger partial charge in [-0.2, -0.15) is 15.4 Å². The van der Waals surface area contributed by atoms with Crippen LogP contribution in [0.5, 0.6) is 0 Å². The van der Waals surface area contributed by atoms with Crippen molar-refractivity contribution in [3.8, 4) is 0 Å². The Morgan fingerprint density at radius 1 is 1.42 bits per heavy atom. The van der Waals surface area contributed by atoms with Gasteiger partial charge in [-0.25, -0.2) is 0 Å². The van der Waals surface area contributed by atoms with Crippen LogP contribution in [0.3, 0.4) is 0 Å². The van der Waals surface area contributed by atoms with E-state index in [9.17, 15) is 4.79 Å². The summed E-state index contributed by atoms with van der Waals surface area (Å²) in [6.45, 7) is 2.64. The lowest BCUT2D eigenvalue weighted by Crippen LogP contribution is -2.33. The fourth-order valence-electron chi connectivity index (χ4n) is 3.23. The normalized spacial score (nSPS) is 17.0. The quantitative estimate of drug-likeness (QED) is 0.752. The van der Waals surface area contributed by atoms with Crippen molar-refractivity contribution in [2.75, 3.05) is 0 Å². The predicted molar refractivity (Wildman–Crippen MR) is 95.3 cm³/mol. The summed E-state index contributed by atoms with van der Waals surface area (Å²) in [7, 11) is 0. The van der Waals surface area contributed by atoms with E-state index in [0.717, 1.165) is 29.3 Å². The number of nitrogens with zero attached hydrogens (tertiary/aromatic N) is 2. The SMILES string of the molecule is Cc1c(CNC(=O)C2CCc3n[nH]nc3C2)sc2ccc(Cl)cc12. The number of benzene rings is 1. The molecule has 0 radical (unpaired) electrons. The molecule has 2 heterocycles. The van der Waals surface area contributed by atoms with E-state index in [1.54, 1.807) is 11.3 Å². The molecule has 5 nitrogen and oxygen atoms in total. The molecule has 24 heavy (non-hydrogen) atoms. The number of aromatic amines is 1. The Labute approximate surface area is 148 Å². The van der Waals surface area contributed by atoms with Gasteiger partial charge in [0.15, 0.2) is 0 Å². The molecule has 0 saturated heterocycles. The molecule has 0 aliphatic heterocycles. The smallest absolute Gasteiger partial charge is 0.223 e. The number of halogens is 1. The third-order valence-corrected chi connectivity index (χ3v) is 6.17. The summed E-state index contributed by atoms with van der Waals surface area (Å²) >= 11 is 7.79. The molecule has 3 aromatic rings. The van der Waals surface area contributed by atoms with E-state index in [4.69, 9.17) is 11.6 Å². The first kappa shape index (κ1) is 15.6. The molecule has 0 bridgehead atoms. The average Bonchev–Trinajstić information content (AvgIpc) is 3.17. The van der Waals surface area contributed by atoms with Crippen LogP contribution in [0.2, 0.25) is 5.02 Å². The summed E-state index contributed by atoms with van der Waals surface area (Å²) in [6.07, 6.45) is 2.30. The van der Waals surface area contributed by atoms with E-state index in [2.05, 4.69) is 27.7 Å². The van der Waals surface area contributed by atoms with E-state index in [1.165, 1.54) is 20.5 Å². The molecule has 1 aromatic carbocycles. The van der Waals surface area contributed by atoms with Crippen LogP contribution in [0.1, 0.15) is 28.2 Å². The molecule has 1 aliphatic rings. The fourth-order valence-corrected chi connectivity index (χ4v) is 4.54. The summed E-state index contributed by atoms with van der Waals surface area (Å²) < 4.78 is 1.20. The molecule has 0 fully saturated rings. The van der Waals surface area contributed by atoms with Crippen molar-refractivity contribution in [1.29, 1.82) is 0 Å². The van der Waals surface area contributed by atoms with Crippen molar-refractivity contribution in [3.63, 3.8) is 0 Å². The standard InChI is InChI=1S/C17H17ClN4OS/c1-9-12-7-11(18)3-5-15(12)24-16(9)8-19-17(23)10-2-4-13-14(6-10)21-22-20-13/h3,5,7,10H,2,4,6,8H2,1H3,(H,19,23)(H,20,21,22). The van der Waals surface area contributed by atoms with Crippen molar-refractivity contribution in [1.82, 2.24) is 20.7 Å². The largest absolute Gasteiger partial charge is 0.351 e. The number of aromatic nitrogens is 3. The number of amides is 1. The Morgan fingerprint density at radius 3 is 3.12 bits per heavy atom. The number of aryl methyl sites for hydroxylation is 2. The first-order valence-electron chi connectivity index (χ1n) is 7.95. The van der Waals surface area contributed by atoms with Gasteiger partial charge in [0.2, 0.25) is 5.91 Å². The fraction of sp³-hybridized carbons (Fsp3) is 0.353. The molecule has 7 heteroatoms. The second-order valence-corrected chi connectivity index (χ2v) is 7.74. The number of hydrogen-bond donors (Lipinski definition) is 2. The minimum atomic E-state index is -0.0215. The van der Waals surface area contributed by atoms with Crippen molar-refractivity contribution >= 4 is 38.9 Å². The second kappa shape index (κ2) is 6.18. The van der Waals surface area contributed by atoms with Gasteiger partial charge in [-0.3, -0.25) is 4.79 Å². The van der Waals surface area contributed by atoms with Crippen molar-refractivity contribution < 1.29 is 4.79 Å². The van der Waals surface area contributed by atoms with Crippen LogP contribution in [0, 0.1) is 12.8 Å². The van der Waals surface area contributed by atoms with E-state index in [1.807, 2.05) is 18.2 Å². The summed E-state index contributed by atoms with van der Waals surface area (Å²) in [4.78, 5) is 13.7. The Bertz CT molecular complexity index is 917. The summed E-state index contributed by atoms with van der Waals surface area (Å²) in [5.41, 5.74) is 3.12. The Balaban J connectivity index is 1.45. The maximum Gasteiger partial charge on any atom is 0.223 e. The lowest BCUT2D eigenvalue weighted by atomic mass is 9.89. The van der Waals surface area contributed by atoms with Crippen molar-refractivity contribution in [3.05, 3.63) is 45.1 Å². The molecular formula is C17H17ClN4OS. The highest BCUT2D eigenvalue weighted by molar-refractivity contribution is 7.19. The molecule has 124 valence electrons. The maximum atomic E-state index is 12.5. The first-order valence-corrected chi connectivity index (χ1v) is 9.15. The number of hydrogen-bond acceptors (Lipinski definition) is 4. The monoisotopic (exact) mass is 360 g/mol. The number of carbonyl (C=O) groups is 1. The number of thiophene rings is 1. The minimum Gasteiger partial charge on any atom is -0.351 e. The van der Waals surface area contributed by atoms with E-state index >= 15 is 0 Å². The van der Waals surface area contributed by atoms with Gasteiger partial charge >= 0.3 is 0 Å². The van der Waals surface area contributed by atoms with Gasteiger partial charge < -0.3 is 5.32 Å². The molecule has 1 unspecified atom stereocenters. The molecule has 1 amide bonds. The maximum absolute atomic E-state index is 12.5. The highest BCUT2D eigenvalue weighted by Crippen LogP contribution is 2.32. The highest BCUT2D eigenvalue weighted by Gasteiger charge is 2.27. The Morgan fingerprint density at radius 2 is 2.25 bits per heavy atom. The Hall–Kier alpha value is -1.92. The number of H-pyrrole nitrogens is 1. The topological polar surface area (TPSA) is 70.7 Å². The zero-order valence-corrected chi connectivity index (χ0v) is 14.8. The van der Waals surface area contributed by atoms with Crippen molar-refractivity contribution in [2.24, 2.45) is 5.92 Å². The zero-order valence-electron chi connectivity index (χ0n) is 13.2. The van der Waals surface area contributed by atoms with E-state index < -0.39 is 0 Å². The number of carbonyl (C=O) groups excluding carboxylic acids is 1. The summed E-state index contributed by atoms with van der Waals surface area (Å²) in [5.74, 6) is 0.0743. The summed E-state index contributed by atoms with van der Waals surface area (Å²) in [5, 5.41) is 15.9. The third-order valence-electron chi connectivity index (χ3n) is 4.66. The molecule has 1 aliphatic carbocycles. The molecule has 0 spiro atoms. The van der Waals surface area contributed by atoms with Gasteiger partial charge in [0.25, 0.3) is 0 Å². The second-order valence-electron chi connectivity index (χ2n) is 6.17. The van der Waals surface area contributed by atoms with Crippen LogP contribution in [0.4, 0.5) is 0 Å². The van der Waals surface area contributed by atoms with Crippen LogP contribution < -0.4 is 5.32 Å². The molecule has 1 atom stereocenters. The van der Waals surface area contributed by atoms with Gasteiger partial charge in [0, 0.05) is 26.9 Å². The van der Waals surface area contributed by atoms with Crippen molar-refractivity contribution in [2.45, 2.75) is 32.7 Å². The lowest BCUT2D eigenvalue weighted by Gasteiger charge is -2.19. The van der Waals surface area contributed by atoms with Gasteiger partial charge in [-0.1, -0.05) is 11.6 Å².